The van der Waals surface area contributed by atoms with E-state index in [0.717, 1.165) is 5.56 Å². The Morgan fingerprint density at radius 2 is 1.56 bits per heavy atom. The van der Waals surface area contributed by atoms with E-state index in [4.69, 9.17) is 0 Å². The van der Waals surface area contributed by atoms with Crippen molar-refractivity contribution >= 4 is 0 Å². The van der Waals surface area contributed by atoms with Gasteiger partial charge in [-0.2, -0.15) is 0 Å². The highest BCUT2D eigenvalue weighted by molar-refractivity contribution is 5.37. The predicted octanol–water partition coefficient (Wildman–Crippen LogP) is 4.33. The second kappa shape index (κ2) is 4.52. The van der Waals surface area contributed by atoms with Gasteiger partial charge in [-0.15, -0.1) is 0 Å². The molecule has 0 heteroatoms. The number of rotatable bonds is 2. The first-order chi connectivity index (χ1) is 7.68. The van der Waals surface area contributed by atoms with E-state index in [-0.39, 0.29) is 0 Å². The molecule has 0 aliphatic rings. The van der Waals surface area contributed by atoms with Crippen LogP contribution in [0.25, 0.3) is 0 Å². The number of benzene rings is 2. The first kappa shape index (κ1) is 10.9. The minimum atomic E-state index is 0.446. The van der Waals surface area contributed by atoms with Crippen LogP contribution in [0, 0.1) is 13.8 Å². The highest BCUT2D eigenvalue weighted by atomic mass is 14.1. The molecule has 2 aromatic carbocycles. The summed E-state index contributed by atoms with van der Waals surface area (Å²) in [6, 6.07) is 17.0. The summed E-state index contributed by atoms with van der Waals surface area (Å²) in [5, 5.41) is 0. The molecule has 0 amide bonds. The van der Waals surface area contributed by atoms with Gasteiger partial charge in [-0.05, 0) is 36.1 Å². The number of hydrogen-bond donors (Lipinski definition) is 0. The lowest BCUT2D eigenvalue weighted by Crippen LogP contribution is -1.98. The fourth-order valence-corrected chi connectivity index (χ4v) is 2.06. The Hall–Kier alpha value is -1.56. The zero-order chi connectivity index (χ0) is 11.5. The lowest BCUT2D eigenvalue weighted by atomic mass is 9.90. The highest BCUT2D eigenvalue weighted by Gasteiger charge is 2.09. The van der Waals surface area contributed by atoms with Crippen LogP contribution in [0.1, 0.15) is 35.1 Å². The largest absolute Gasteiger partial charge is 0.0620 e. The van der Waals surface area contributed by atoms with Crippen LogP contribution in [-0.4, -0.2) is 0 Å². The van der Waals surface area contributed by atoms with Crippen LogP contribution in [-0.2, 0) is 0 Å². The van der Waals surface area contributed by atoms with Crippen molar-refractivity contribution in [3.05, 3.63) is 77.7 Å². The van der Waals surface area contributed by atoms with Crippen LogP contribution in [0.3, 0.4) is 0 Å². The van der Waals surface area contributed by atoms with Gasteiger partial charge in [-0.25, -0.2) is 0 Å². The summed E-state index contributed by atoms with van der Waals surface area (Å²) >= 11 is 0. The maximum atomic E-state index is 3.91. The average Bonchev–Trinajstić information content (AvgIpc) is 2.30. The molecule has 0 N–H and O–H groups in total. The molecule has 0 nitrogen and oxygen atoms in total. The van der Waals surface area contributed by atoms with E-state index in [1.165, 1.54) is 16.7 Å². The Morgan fingerprint density at radius 1 is 0.938 bits per heavy atom. The minimum Gasteiger partial charge on any atom is -0.0620 e. The van der Waals surface area contributed by atoms with Gasteiger partial charge in [0.05, 0.1) is 0 Å². The summed E-state index contributed by atoms with van der Waals surface area (Å²) in [7, 11) is 0. The molecule has 0 fully saturated rings. The van der Waals surface area contributed by atoms with Crippen LogP contribution in [0.2, 0.25) is 0 Å². The Bertz CT molecular complexity index is 466. The molecule has 1 radical (unpaired) electrons. The van der Waals surface area contributed by atoms with Crippen LogP contribution in [0.4, 0.5) is 0 Å². The Kier molecular flexibility index (Phi) is 3.09. The molecule has 0 spiro atoms. The second-order valence-electron chi connectivity index (χ2n) is 4.32. The van der Waals surface area contributed by atoms with E-state index in [2.05, 4.69) is 69.3 Å². The third-order valence-corrected chi connectivity index (χ3v) is 3.13. The quantitative estimate of drug-likeness (QED) is 0.690. The van der Waals surface area contributed by atoms with E-state index in [9.17, 15) is 0 Å². The van der Waals surface area contributed by atoms with Crippen molar-refractivity contribution in [2.24, 2.45) is 0 Å². The fraction of sp³-hybridized carbons (Fsp3) is 0.188. The van der Waals surface area contributed by atoms with Gasteiger partial charge in [-0.1, -0.05) is 55.5 Å². The molecular weight excluding hydrogens is 192 g/mol. The molecule has 0 aromatic heterocycles. The Morgan fingerprint density at radius 3 is 2.19 bits per heavy atom. The van der Waals surface area contributed by atoms with Crippen LogP contribution in [0.5, 0.6) is 0 Å². The van der Waals surface area contributed by atoms with Crippen LogP contribution in [0.15, 0.2) is 48.5 Å². The molecule has 2 aromatic rings. The van der Waals surface area contributed by atoms with Crippen molar-refractivity contribution < 1.29 is 0 Å². The zero-order valence-corrected chi connectivity index (χ0v) is 9.90. The SMILES string of the molecule is [CH2]c1ccc(C(C)c2ccccc2C)cc1. The van der Waals surface area contributed by atoms with Crippen molar-refractivity contribution in [3.8, 4) is 0 Å². The van der Waals surface area contributed by atoms with Gasteiger partial charge in [0.25, 0.3) is 0 Å². The molecule has 81 valence electrons. The Labute approximate surface area is 97.9 Å². The van der Waals surface area contributed by atoms with Crippen LogP contribution >= 0.6 is 0 Å². The van der Waals surface area contributed by atoms with Crippen LogP contribution < -0.4 is 0 Å². The standard InChI is InChI=1S/C16H17/c1-12-8-10-15(11-9-12)14(3)16-7-5-4-6-13(16)2/h4-11,14H,1H2,2-3H3. The molecule has 0 bridgehead atoms. The van der Waals surface area contributed by atoms with Crippen molar-refractivity contribution in [2.45, 2.75) is 19.8 Å². The monoisotopic (exact) mass is 209 g/mol. The molecule has 0 saturated carbocycles. The zero-order valence-electron chi connectivity index (χ0n) is 9.90. The summed E-state index contributed by atoms with van der Waals surface area (Å²) in [5.41, 5.74) is 5.18. The summed E-state index contributed by atoms with van der Waals surface area (Å²) in [4.78, 5) is 0. The molecule has 1 atom stereocenters. The van der Waals surface area contributed by atoms with Crippen molar-refractivity contribution in [1.29, 1.82) is 0 Å². The van der Waals surface area contributed by atoms with E-state index < -0.39 is 0 Å². The summed E-state index contributed by atoms with van der Waals surface area (Å²) < 4.78 is 0. The number of hydrogen-bond acceptors (Lipinski definition) is 0. The molecule has 0 saturated heterocycles. The van der Waals surface area contributed by atoms with Crippen molar-refractivity contribution in [2.75, 3.05) is 0 Å². The van der Waals surface area contributed by atoms with Gasteiger partial charge in [0.15, 0.2) is 0 Å². The molecular formula is C16H17. The molecule has 0 heterocycles. The molecule has 0 aliphatic carbocycles. The molecule has 0 aliphatic heterocycles. The molecule has 16 heavy (non-hydrogen) atoms. The fourth-order valence-electron chi connectivity index (χ4n) is 2.06. The minimum absolute atomic E-state index is 0.446. The Balaban J connectivity index is 2.35. The van der Waals surface area contributed by atoms with Crippen molar-refractivity contribution in [1.82, 2.24) is 0 Å². The van der Waals surface area contributed by atoms with Gasteiger partial charge in [0.2, 0.25) is 0 Å². The highest BCUT2D eigenvalue weighted by Crippen LogP contribution is 2.26. The van der Waals surface area contributed by atoms with Gasteiger partial charge in [0, 0.05) is 5.92 Å². The van der Waals surface area contributed by atoms with Gasteiger partial charge in [-0.3, -0.25) is 0 Å². The van der Waals surface area contributed by atoms with Gasteiger partial charge < -0.3 is 0 Å². The maximum Gasteiger partial charge on any atom is 0.00636 e. The van der Waals surface area contributed by atoms with E-state index in [1.54, 1.807) is 0 Å². The summed E-state index contributed by atoms with van der Waals surface area (Å²) in [6.07, 6.45) is 0. The normalized spacial score (nSPS) is 12.4. The number of aryl methyl sites for hydroxylation is 1. The summed E-state index contributed by atoms with van der Waals surface area (Å²) in [6.45, 7) is 8.33. The average molecular weight is 209 g/mol. The lowest BCUT2D eigenvalue weighted by molar-refractivity contribution is 0.910. The van der Waals surface area contributed by atoms with Gasteiger partial charge in [0.1, 0.15) is 0 Å². The maximum absolute atomic E-state index is 3.91. The third-order valence-electron chi connectivity index (χ3n) is 3.13. The second-order valence-corrected chi connectivity index (χ2v) is 4.32. The lowest BCUT2D eigenvalue weighted by Gasteiger charge is -2.15. The van der Waals surface area contributed by atoms with Crippen molar-refractivity contribution in [3.63, 3.8) is 0 Å². The predicted molar refractivity (Wildman–Crippen MR) is 69.6 cm³/mol. The topological polar surface area (TPSA) is 0 Å². The molecule has 1 unspecified atom stereocenters. The third kappa shape index (κ3) is 2.16. The first-order valence-corrected chi connectivity index (χ1v) is 5.66. The smallest absolute Gasteiger partial charge is 0.00636 e. The van der Waals surface area contributed by atoms with E-state index in [1.807, 2.05) is 0 Å². The van der Waals surface area contributed by atoms with E-state index >= 15 is 0 Å². The summed E-state index contributed by atoms with van der Waals surface area (Å²) in [5.74, 6) is 0.446. The van der Waals surface area contributed by atoms with Gasteiger partial charge >= 0.3 is 0 Å². The van der Waals surface area contributed by atoms with E-state index in [0.29, 0.717) is 5.92 Å². The first-order valence-electron chi connectivity index (χ1n) is 5.66. The molecule has 2 rings (SSSR count).